The lowest BCUT2D eigenvalue weighted by molar-refractivity contribution is -0.136. The molecule has 4 rings (SSSR count). The minimum Gasteiger partial charge on any atom is -0.376 e. The highest BCUT2D eigenvalue weighted by Crippen LogP contribution is 2.44. The molecule has 3 amide bonds. The number of carbonyl (C=O) groups excluding carboxylic acids is 2. The van der Waals surface area contributed by atoms with Gasteiger partial charge < -0.3 is 15.0 Å². The molecule has 0 radical (unpaired) electrons. The fourth-order valence-corrected chi connectivity index (χ4v) is 5.12. The van der Waals surface area contributed by atoms with Crippen LogP contribution in [0.1, 0.15) is 52.4 Å². The predicted molar refractivity (Wildman–Crippen MR) is 85.0 cm³/mol. The number of hydrogen-bond donors (Lipinski definition) is 1. The van der Waals surface area contributed by atoms with Gasteiger partial charge in [0.15, 0.2) is 0 Å². The molecule has 0 saturated carbocycles. The number of ether oxygens (including phenoxy) is 1. The third kappa shape index (κ3) is 2.30. The van der Waals surface area contributed by atoms with E-state index in [4.69, 9.17) is 4.74 Å². The van der Waals surface area contributed by atoms with Gasteiger partial charge in [0, 0.05) is 24.7 Å². The summed E-state index contributed by atoms with van der Waals surface area (Å²) in [6, 6.07) is 0.670. The summed E-state index contributed by atoms with van der Waals surface area (Å²) in [7, 11) is 0. The van der Waals surface area contributed by atoms with Crippen molar-refractivity contribution in [3.63, 3.8) is 0 Å². The first-order valence-corrected chi connectivity index (χ1v) is 9.04. The number of amides is 3. The van der Waals surface area contributed by atoms with E-state index < -0.39 is 5.54 Å². The van der Waals surface area contributed by atoms with Crippen molar-refractivity contribution in [1.29, 1.82) is 0 Å². The molecule has 6 heteroatoms. The van der Waals surface area contributed by atoms with Gasteiger partial charge in [-0.25, -0.2) is 4.79 Å². The maximum atomic E-state index is 13.3. The van der Waals surface area contributed by atoms with Gasteiger partial charge in [-0.1, -0.05) is 0 Å². The van der Waals surface area contributed by atoms with Crippen LogP contribution in [0.3, 0.4) is 0 Å². The molecule has 0 aromatic rings. The number of nitrogens with zero attached hydrogens (tertiary/aromatic N) is 2. The van der Waals surface area contributed by atoms with Crippen LogP contribution in [0.15, 0.2) is 0 Å². The summed E-state index contributed by atoms with van der Waals surface area (Å²) in [6.45, 7) is 5.21. The Morgan fingerprint density at radius 2 is 1.91 bits per heavy atom. The zero-order valence-electron chi connectivity index (χ0n) is 14.1. The lowest BCUT2D eigenvalue weighted by Gasteiger charge is -2.43. The van der Waals surface area contributed by atoms with Crippen molar-refractivity contribution in [2.24, 2.45) is 0 Å². The second-order valence-electron chi connectivity index (χ2n) is 7.87. The fraction of sp³-hybridized carbons (Fsp3) is 0.882. The van der Waals surface area contributed by atoms with E-state index in [1.165, 1.54) is 4.90 Å². The summed E-state index contributed by atoms with van der Waals surface area (Å²) in [5, 5.41) is 3.59. The van der Waals surface area contributed by atoms with Crippen LogP contribution in [0.4, 0.5) is 4.79 Å². The zero-order chi connectivity index (χ0) is 16.2. The first-order chi connectivity index (χ1) is 11.0. The summed E-state index contributed by atoms with van der Waals surface area (Å²) >= 11 is 0. The molecule has 6 nitrogen and oxygen atoms in total. The molecule has 2 bridgehead atoms. The van der Waals surface area contributed by atoms with Crippen LogP contribution in [-0.4, -0.2) is 64.7 Å². The van der Waals surface area contributed by atoms with Crippen molar-refractivity contribution in [3.05, 3.63) is 0 Å². The van der Waals surface area contributed by atoms with E-state index in [1.54, 1.807) is 0 Å². The number of piperidine rings is 1. The van der Waals surface area contributed by atoms with Crippen molar-refractivity contribution in [2.75, 3.05) is 13.2 Å². The van der Waals surface area contributed by atoms with Gasteiger partial charge in [0.25, 0.3) is 5.91 Å². The van der Waals surface area contributed by atoms with Crippen LogP contribution in [0, 0.1) is 0 Å². The third-order valence-electron chi connectivity index (χ3n) is 5.97. The van der Waals surface area contributed by atoms with Gasteiger partial charge in [-0.15, -0.1) is 0 Å². The SMILES string of the molecule is CC(C)N1C(=O)N(CC2CCCO2)C(=O)C12CC1CCC(C2)N1. The molecule has 1 N–H and O–H groups in total. The molecule has 4 saturated heterocycles. The highest BCUT2D eigenvalue weighted by Gasteiger charge is 2.61. The van der Waals surface area contributed by atoms with Crippen LogP contribution < -0.4 is 5.32 Å². The number of urea groups is 1. The smallest absolute Gasteiger partial charge is 0.327 e. The largest absolute Gasteiger partial charge is 0.376 e. The van der Waals surface area contributed by atoms with Gasteiger partial charge in [0.2, 0.25) is 0 Å². The van der Waals surface area contributed by atoms with Crippen molar-refractivity contribution < 1.29 is 14.3 Å². The van der Waals surface area contributed by atoms with E-state index in [2.05, 4.69) is 5.32 Å². The Balaban J connectivity index is 1.64. The topological polar surface area (TPSA) is 61.9 Å². The number of imide groups is 1. The molecule has 128 valence electrons. The zero-order valence-corrected chi connectivity index (χ0v) is 14.1. The van der Waals surface area contributed by atoms with Crippen LogP contribution >= 0.6 is 0 Å². The molecular weight excluding hydrogens is 294 g/mol. The summed E-state index contributed by atoms with van der Waals surface area (Å²) in [5.41, 5.74) is -0.624. The van der Waals surface area contributed by atoms with E-state index >= 15 is 0 Å². The molecule has 3 unspecified atom stereocenters. The van der Waals surface area contributed by atoms with Gasteiger partial charge in [-0.3, -0.25) is 9.69 Å². The Hall–Kier alpha value is -1.14. The molecule has 0 aromatic heterocycles. The second-order valence-corrected chi connectivity index (χ2v) is 7.87. The lowest BCUT2D eigenvalue weighted by Crippen LogP contribution is -2.60. The number of hydrogen-bond acceptors (Lipinski definition) is 4. The van der Waals surface area contributed by atoms with Crippen LogP contribution in [0.5, 0.6) is 0 Å². The van der Waals surface area contributed by atoms with Crippen molar-refractivity contribution in [2.45, 2.75) is 82.1 Å². The molecule has 0 aliphatic carbocycles. The maximum Gasteiger partial charge on any atom is 0.327 e. The fourth-order valence-electron chi connectivity index (χ4n) is 5.12. The molecule has 4 aliphatic heterocycles. The molecule has 23 heavy (non-hydrogen) atoms. The highest BCUT2D eigenvalue weighted by molar-refractivity contribution is 6.07. The Kier molecular flexibility index (Phi) is 3.65. The van der Waals surface area contributed by atoms with Gasteiger partial charge in [-0.05, 0) is 52.4 Å². The van der Waals surface area contributed by atoms with Crippen molar-refractivity contribution >= 4 is 11.9 Å². The predicted octanol–water partition coefficient (Wildman–Crippen LogP) is 1.49. The van der Waals surface area contributed by atoms with E-state index in [1.807, 2.05) is 18.7 Å². The van der Waals surface area contributed by atoms with Gasteiger partial charge in [0.1, 0.15) is 5.54 Å². The molecule has 0 aromatic carbocycles. The molecule has 4 fully saturated rings. The van der Waals surface area contributed by atoms with E-state index in [0.29, 0.717) is 18.6 Å². The van der Waals surface area contributed by atoms with Crippen molar-refractivity contribution in [3.8, 4) is 0 Å². The van der Waals surface area contributed by atoms with Crippen LogP contribution in [-0.2, 0) is 9.53 Å². The van der Waals surface area contributed by atoms with E-state index in [-0.39, 0.29) is 24.1 Å². The maximum absolute atomic E-state index is 13.3. The summed E-state index contributed by atoms with van der Waals surface area (Å²) in [4.78, 5) is 29.7. The van der Waals surface area contributed by atoms with Gasteiger partial charge in [-0.2, -0.15) is 0 Å². The monoisotopic (exact) mass is 321 g/mol. The Morgan fingerprint density at radius 3 is 2.48 bits per heavy atom. The van der Waals surface area contributed by atoms with Crippen LogP contribution in [0.2, 0.25) is 0 Å². The molecular formula is C17H27N3O3. The molecule has 3 atom stereocenters. The standard InChI is InChI=1S/C17H27N3O3/c1-11(2)20-16(22)19(10-14-4-3-7-23-14)15(21)17(20)8-12-5-6-13(9-17)18-12/h11-14,18H,3-10H2,1-2H3. The van der Waals surface area contributed by atoms with Gasteiger partial charge >= 0.3 is 6.03 Å². The minimum atomic E-state index is -0.624. The van der Waals surface area contributed by atoms with E-state index in [9.17, 15) is 9.59 Å². The average Bonchev–Trinajstić information content (AvgIpc) is 3.17. The summed E-state index contributed by atoms with van der Waals surface area (Å²) in [6.07, 6.45) is 5.73. The normalized spacial score (nSPS) is 40.2. The number of carbonyl (C=O) groups is 2. The Labute approximate surface area is 137 Å². The lowest BCUT2D eigenvalue weighted by atomic mass is 9.82. The third-order valence-corrected chi connectivity index (χ3v) is 5.97. The number of nitrogens with one attached hydrogen (secondary N) is 1. The summed E-state index contributed by atoms with van der Waals surface area (Å²) < 4.78 is 5.66. The first kappa shape index (κ1) is 15.4. The molecule has 4 aliphatic rings. The average molecular weight is 321 g/mol. The number of rotatable bonds is 3. The Morgan fingerprint density at radius 1 is 1.22 bits per heavy atom. The minimum absolute atomic E-state index is 0.0186. The highest BCUT2D eigenvalue weighted by atomic mass is 16.5. The number of fused-ring (bicyclic) bond motifs is 2. The van der Waals surface area contributed by atoms with E-state index in [0.717, 1.165) is 45.1 Å². The van der Waals surface area contributed by atoms with Crippen molar-refractivity contribution in [1.82, 2.24) is 15.1 Å². The molecule has 4 heterocycles. The van der Waals surface area contributed by atoms with Crippen LogP contribution in [0.25, 0.3) is 0 Å². The first-order valence-electron chi connectivity index (χ1n) is 9.04. The molecule has 1 spiro atoms. The summed E-state index contributed by atoms with van der Waals surface area (Å²) in [5.74, 6) is 0.0186. The quantitative estimate of drug-likeness (QED) is 0.800. The van der Waals surface area contributed by atoms with Gasteiger partial charge in [0.05, 0.1) is 12.6 Å². The Bertz CT molecular complexity index is 503. The second kappa shape index (κ2) is 5.45.